The molecule has 0 aliphatic carbocycles. The molecule has 0 saturated heterocycles. The number of benzene rings is 1. The van der Waals surface area contributed by atoms with E-state index in [9.17, 15) is 14.0 Å². The van der Waals surface area contributed by atoms with E-state index in [4.69, 9.17) is 0 Å². The summed E-state index contributed by atoms with van der Waals surface area (Å²) in [5.74, 6) is -1.47. The molecule has 24 heavy (non-hydrogen) atoms. The molecule has 0 radical (unpaired) electrons. The highest BCUT2D eigenvalue weighted by molar-refractivity contribution is 7.15. The number of nitrogens with zero attached hydrogens (tertiary/aromatic N) is 2. The van der Waals surface area contributed by atoms with Gasteiger partial charge in [0, 0.05) is 10.9 Å². The minimum absolute atomic E-state index is 0.0417. The largest absolute Gasteiger partial charge is 0.327 e. The van der Waals surface area contributed by atoms with E-state index in [2.05, 4.69) is 10.3 Å². The first-order valence-corrected chi connectivity index (χ1v) is 8.40. The van der Waals surface area contributed by atoms with Crippen LogP contribution in [0, 0.1) is 19.7 Å². The third kappa shape index (κ3) is 4.17. The third-order valence-corrected chi connectivity index (χ3v) is 4.57. The van der Waals surface area contributed by atoms with Gasteiger partial charge >= 0.3 is 0 Å². The zero-order valence-corrected chi connectivity index (χ0v) is 14.9. The standard InChI is InChI=1S/C17H20FN3O2S/c1-10(2)21(16(23)13-7-5-6-8-14(13)18)9-15(22)20-17-19-11(3)12(4)24-17/h5-8,10H,9H2,1-4H3,(H,19,20,22). The Labute approximate surface area is 144 Å². The lowest BCUT2D eigenvalue weighted by Gasteiger charge is -2.26. The van der Waals surface area contributed by atoms with Gasteiger partial charge in [-0.1, -0.05) is 12.1 Å². The molecule has 7 heteroatoms. The van der Waals surface area contributed by atoms with Crippen molar-refractivity contribution in [3.05, 3.63) is 46.2 Å². The summed E-state index contributed by atoms with van der Waals surface area (Å²) in [5.41, 5.74) is 0.818. The fourth-order valence-electron chi connectivity index (χ4n) is 2.12. The number of halogens is 1. The van der Waals surface area contributed by atoms with Crippen LogP contribution in [0.15, 0.2) is 24.3 Å². The molecule has 0 aliphatic rings. The molecular formula is C17H20FN3O2S. The van der Waals surface area contributed by atoms with Crippen LogP contribution < -0.4 is 5.32 Å². The summed E-state index contributed by atoms with van der Waals surface area (Å²) in [6, 6.07) is 5.51. The average Bonchev–Trinajstić information content (AvgIpc) is 2.82. The van der Waals surface area contributed by atoms with Gasteiger partial charge in [0.1, 0.15) is 12.4 Å². The molecule has 1 aromatic heterocycles. The topological polar surface area (TPSA) is 62.3 Å². The number of thiazole rings is 1. The van der Waals surface area contributed by atoms with Crippen molar-refractivity contribution in [1.82, 2.24) is 9.88 Å². The maximum absolute atomic E-state index is 13.8. The highest BCUT2D eigenvalue weighted by Crippen LogP contribution is 2.21. The van der Waals surface area contributed by atoms with E-state index in [1.54, 1.807) is 19.9 Å². The van der Waals surface area contributed by atoms with Gasteiger partial charge in [-0.25, -0.2) is 9.37 Å². The maximum atomic E-state index is 13.8. The van der Waals surface area contributed by atoms with Gasteiger partial charge in [0.25, 0.3) is 5.91 Å². The van der Waals surface area contributed by atoms with E-state index in [1.165, 1.54) is 34.4 Å². The second-order valence-electron chi connectivity index (χ2n) is 5.72. The summed E-state index contributed by atoms with van der Waals surface area (Å²) in [4.78, 5) is 31.4. The molecule has 0 fully saturated rings. The number of amides is 2. The molecule has 0 unspecified atom stereocenters. The summed E-state index contributed by atoms with van der Waals surface area (Å²) in [5, 5.41) is 3.19. The number of carbonyl (C=O) groups excluding carboxylic acids is 2. The van der Waals surface area contributed by atoms with Crippen LogP contribution in [-0.2, 0) is 4.79 Å². The highest BCUT2D eigenvalue weighted by atomic mass is 32.1. The predicted octanol–water partition coefficient (Wildman–Crippen LogP) is 3.39. The third-order valence-electron chi connectivity index (χ3n) is 3.58. The maximum Gasteiger partial charge on any atom is 0.257 e. The van der Waals surface area contributed by atoms with Crippen LogP contribution >= 0.6 is 11.3 Å². The van der Waals surface area contributed by atoms with Crippen molar-refractivity contribution in [2.45, 2.75) is 33.7 Å². The molecule has 0 spiro atoms. The van der Waals surface area contributed by atoms with Gasteiger partial charge in [-0.15, -0.1) is 11.3 Å². The van der Waals surface area contributed by atoms with E-state index in [1.807, 2.05) is 13.8 Å². The van der Waals surface area contributed by atoms with Crippen LogP contribution in [-0.4, -0.2) is 34.3 Å². The van der Waals surface area contributed by atoms with Crippen LogP contribution in [0.3, 0.4) is 0 Å². The first kappa shape index (κ1) is 18.1. The number of rotatable bonds is 5. The summed E-state index contributed by atoms with van der Waals surface area (Å²) >= 11 is 1.38. The molecular weight excluding hydrogens is 329 g/mol. The summed E-state index contributed by atoms with van der Waals surface area (Å²) < 4.78 is 13.8. The van der Waals surface area contributed by atoms with E-state index in [0.717, 1.165) is 10.6 Å². The van der Waals surface area contributed by atoms with Crippen molar-refractivity contribution >= 4 is 28.3 Å². The second kappa shape index (κ2) is 7.53. The fraction of sp³-hybridized carbons (Fsp3) is 0.353. The predicted molar refractivity (Wildman–Crippen MR) is 92.8 cm³/mol. The second-order valence-corrected chi connectivity index (χ2v) is 6.92. The SMILES string of the molecule is Cc1nc(NC(=O)CN(C(=O)c2ccccc2F)C(C)C)sc1C. The number of hydrogen-bond acceptors (Lipinski definition) is 4. The van der Waals surface area contributed by atoms with E-state index in [-0.39, 0.29) is 24.1 Å². The lowest BCUT2D eigenvalue weighted by atomic mass is 10.1. The quantitative estimate of drug-likeness (QED) is 0.900. The summed E-state index contributed by atoms with van der Waals surface area (Å²) in [6.45, 7) is 7.18. The molecule has 1 N–H and O–H groups in total. The number of anilines is 1. The van der Waals surface area contributed by atoms with Crippen molar-refractivity contribution in [2.24, 2.45) is 0 Å². The molecule has 1 aromatic carbocycles. The molecule has 0 aliphatic heterocycles. The zero-order valence-electron chi connectivity index (χ0n) is 14.1. The Bertz CT molecular complexity index is 739. The molecule has 0 saturated carbocycles. The van der Waals surface area contributed by atoms with Crippen molar-refractivity contribution in [2.75, 3.05) is 11.9 Å². The first-order valence-electron chi connectivity index (χ1n) is 7.59. The van der Waals surface area contributed by atoms with Gasteiger partial charge in [0.05, 0.1) is 11.3 Å². The van der Waals surface area contributed by atoms with E-state index in [0.29, 0.717) is 5.13 Å². The Balaban J connectivity index is 2.12. The van der Waals surface area contributed by atoms with Gasteiger partial charge in [-0.2, -0.15) is 0 Å². The summed E-state index contributed by atoms with van der Waals surface area (Å²) in [7, 11) is 0. The van der Waals surface area contributed by atoms with Crippen molar-refractivity contribution < 1.29 is 14.0 Å². The Morgan fingerprint density at radius 1 is 1.29 bits per heavy atom. The number of nitrogens with one attached hydrogen (secondary N) is 1. The fourth-order valence-corrected chi connectivity index (χ4v) is 2.95. The Hall–Kier alpha value is -2.28. The molecule has 2 aromatic rings. The molecule has 1 heterocycles. The Kier molecular flexibility index (Phi) is 5.66. The number of hydrogen-bond donors (Lipinski definition) is 1. The zero-order chi connectivity index (χ0) is 17.9. The molecule has 0 bridgehead atoms. The molecule has 128 valence electrons. The smallest absolute Gasteiger partial charge is 0.257 e. The van der Waals surface area contributed by atoms with Gasteiger partial charge in [-0.05, 0) is 39.8 Å². The van der Waals surface area contributed by atoms with Crippen LogP contribution in [0.25, 0.3) is 0 Å². The number of aromatic nitrogens is 1. The minimum Gasteiger partial charge on any atom is -0.327 e. The van der Waals surface area contributed by atoms with E-state index >= 15 is 0 Å². The molecule has 2 rings (SSSR count). The lowest BCUT2D eigenvalue weighted by Crippen LogP contribution is -2.42. The monoisotopic (exact) mass is 349 g/mol. The first-order chi connectivity index (χ1) is 11.3. The van der Waals surface area contributed by atoms with Crippen molar-refractivity contribution in [3.8, 4) is 0 Å². The molecule has 0 atom stereocenters. The van der Waals surface area contributed by atoms with Gasteiger partial charge in [0.2, 0.25) is 5.91 Å². The number of aryl methyl sites for hydroxylation is 2. The van der Waals surface area contributed by atoms with Crippen LogP contribution in [0.1, 0.15) is 34.8 Å². The minimum atomic E-state index is -0.597. The Morgan fingerprint density at radius 3 is 2.50 bits per heavy atom. The molecule has 5 nitrogen and oxygen atoms in total. The van der Waals surface area contributed by atoms with Gasteiger partial charge < -0.3 is 10.2 Å². The van der Waals surface area contributed by atoms with E-state index < -0.39 is 11.7 Å². The van der Waals surface area contributed by atoms with Crippen LogP contribution in [0.4, 0.5) is 9.52 Å². The summed E-state index contributed by atoms with van der Waals surface area (Å²) in [6.07, 6.45) is 0. The van der Waals surface area contributed by atoms with Crippen LogP contribution in [0.5, 0.6) is 0 Å². The van der Waals surface area contributed by atoms with Crippen molar-refractivity contribution in [1.29, 1.82) is 0 Å². The van der Waals surface area contributed by atoms with Crippen molar-refractivity contribution in [3.63, 3.8) is 0 Å². The normalized spacial score (nSPS) is 10.8. The Morgan fingerprint density at radius 2 is 1.96 bits per heavy atom. The molecule has 2 amide bonds. The average molecular weight is 349 g/mol. The van der Waals surface area contributed by atoms with Gasteiger partial charge in [-0.3, -0.25) is 9.59 Å². The van der Waals surface area contributed by atoms with Gasteiger partial charge in [0.15, 0.2) is 5.13 Å². The number of carbonyl (C=O) groups is 2. The van der Waals surface area contributed by atoms with Crippen LogP contribution in [0.2, 0.25) is 0 Å². The highest BCUT2D eigenvalue weighted by Gasteiger charge is 2.24. The lowest BCUT2D eigenvalue weighted by molar-refractivity contribution is -0.117.